The van der Waals surface area contributed by atoms with Crippen molar-refractivity contribution in [2.24, 2.45) is 0 Å². The minimum Gasteiger partial charge on any atom is -0.490 e. The summed E-state index contributed by atoms with van der Waals surface area (Å²) in [5.41, 5.74) is 0.0124. The molecule has 0 aliphatic heterocycles. The second-order valence-electron chi connectivity index (χ2n) is 2.74. The number of ether oxygens (including phenoxy) is 1. The Kier molecular flexibility index (Phi) is 2.09. The van der Waals surface area contributed by atoms with E-state index in [-0.39, 0.29) is 5.69 Å². The molecule has 0 bridgehead atoms. The van der Waals surface area contributed by atoms with Gasteiger partial charge in [-0.15, -0.1) is 11.3 Å². The second-order valence-corrected chi connectivity index (χ2v) is 3.69. The van der Waals surface area contributed by atoms with Crippen LogP contribution in [-0.4, -0.2) is 12.0 Å². The highest BCUT2D eigenvalue weighted by Crippen LogP contribution is 2.34. The fourth-order valence-corrected chi connectivity index (χ4v) is 2.08. The maximum atomic E-state index is 10.7. The normalized spacial score (nSPS) is 10.4. The van der Waals surface area contributed by atoms with E-state index < -0.39 is 4.92 Å². The van der Waals surface area contributed by atoms with Gasteiger partial charge in [0, 0.05) is 16.8 Å². The summed E-state index contributed by atoms with van der Waals surface area (Å²) in [7, 11) is 1.43. The molecule has 0 unspecified atom stereocenters. The maximum Gasteiger partial charge on any atom is 0.311 e. The van der Waals surface area contributed by atoms with E-state index in [1.54, 1.807) is 6.07 Å². The molecule has 14 heavy (non-hydrogen) atoms. The predicted molar refractivity (Wildman–Crippen MR) is 55.0 cm³/mol. The summed E-state index contributed by atoms with van der Waals surface area (Å²) in [6.45, 7) is 0. The third kappa shape index (κ3) is 1.31. The Labute approximate surface area is 83.9 Å². The summed E-state index contributed by atoms with van der Waals surface area (Å²) in [5, 5.41) is 13.4. The molecule has 0 aliphatic rings. The molecule has 0 saturated heterocycles. The zero-order valence-corrected chi connectivity index (χ0v) is 8.21. The van der Waals surface area contributed by atoms with Gasteiger partial charge in [0.15, 0.2) is 5.75 Å². The molecule has 0 atom stereocenters. The van der Waals surface area contributed by atoms with Crippen molar-refractivity contribution in [1.82, 2.24) is 0 Å². The van der Waals surface area contributed by atoms with Gasteiger partial charge in [-0.05, 0) is 16.8 Å². The summed E-state index contributed by atoms with van der Waals surface area (Å²) in [6.07, 6.45) is 0. The first-order chi connectivity index (χ1) is 6.72. The molecule has 2 rings (SSSR count). The summed E-state index contributed by atoms with van der Waals surface area (Å²) in [4.78, 5) is 10.2. The predicted octanol–water partition coefficient (Wildman–Crippen LogP) is 2.82. The van der Waals surface area contributed by atoms with Gasteiger partial charge in [-0.2, -0.15) is 0 Å². The van der Waals surface area contributed by atoms with Gasteiger partial charge in [-0.3, -0.25) is 10.1 Å². The fourth-order valence-electron chi connectivity index (χ4n) is 1.29. The number of nitrogens with zero attached hydrogens (tertiary/aromatic N) is 1. The van der Waals surface area contributed by atoms with Crippen LogP contribution in [0, 0.1) is 10.1 Å². The maximum absolute atomic E-state index is 10.7. The number of nitro groups is 1. The van der Waals surface area contributed by atoms with Gasteiger partial charge in [0.25, 0.3) is 0 Å². The van der Waals surface area contributed by atoms with Gasteiger partial charge in [0.05, 0.1) is 12.0 Å². The van der Waals surface area contributed by atoms with Crippen LogP contribution in [0.4, 0.5) is 5.69 Å². The Morgan fingerprint density at radius 1 is 1.50 bits per heavy atom. The van der Waals surface area contributed by atoms with Crippen LogP contribution in [-0.2, 0) is 0 Å². The average molecular weight is 209 g/mol. The molecule has 72 valence electrons. The van der Waals surface area contributed by atoms with E-state index in [1.165, 1.54) is 24.5 Å². The number of fused-ring (bicyclic) bond motifs is 1. The topological polar surface area (TPSA) is 52.4 Å². The van der Waals surface area contributed by atoms with Crippen LogP contribution in [0.3, 0.4) is 0 Å². The van der Waals surface area contributed by atoms with Gasteiger partial charge < -0.3 is 4.74 Å². The van der Waals surface area contributed by atoms with Crippen LogP contribution < -0.4 is 4.74 Å². The first kappa shape index (κ1) is 8.96. The van der Waals surface area contributed by atoms with Crippen LogP contribution in [0.5, 0.6) is 5.75 Å². The zero-order valence-electron chi connectivity index (χ0n) is 7.39. The van der Waals surface area contributed by atoms with Crippen molar-refractivity contribution in [2.75, 3.05) is 7.11 Å². The number of hydrogen-bond donors (Lipinski definition) is 0. The molecule has 1 aromatic heterocycles. The van der Waals surface area contributed by atoms with Crippen molar-refractivity contribution in [1.29, 1.82) is 0 Å². The van der Waals surface area contributed by atoms with Crippen LogP contribution >= 0.6 is 11.3 Å². The largest absolute Gasteiger partial charge is 0.490 e. The van der Waals surface area contributed by atoms with E-state index >= 15 is 0 Å². The SMILES string of the molecule is COc1cc2sccc2cc1[N+](=O)[O-]. The van der Waals surface area contributed by atoms with Crippen molar-refractivity contribution in [3.8, 4) is 5.75 Å². The Bertz CT molecular complexity index is 492. The van der Waals surface area contributed by atoms with Crippen molar-refractivity contribution >= 4 is 27.1 Å². The van der Waals surface area contributed by atoms with E-state index in [2.05, 4.69) is 0 Å². The van der Waals surface area contributed by atoms with Crippen LogP contribution in [0.15, 0.2) is 23.6 Å². The molecule has 2 aromatic rings. The molecule has 4 nitrogen and oxygen atoms in total. The van der Waals surface area contributed by atoms with E-state index in [0.29, 0.717) is 5.75 Å². The summed E-state index contributed by atoms with van der Waals surface area (Å²) in [5.74, 6) is 0.310. The number of nitro benzene ring substituents is 1. The lowest BCUT2D eigenvalue weighted by Crippen LogP contribution is -1.92. The van der Waals surface area contributed by atoms with Crippen molar-refractivity contribution < 1.29 is 9.66 Å². The highest BCUT2D eigenvalue weighted by Gasteiger charge is 2.15. The Morgan fingerprint density at radius 2 is 2.29 bits per heavy atom. The summed E-state index contributed by atoms with van der Waals surface area (Å²) < 4.78 is 5.94. The van der Waals surface area contributed by atoms with Crippen molar-refractivity contribution in [3.63, 3.8) is 0 Å². The lowest BCUT2D eigenvalue weighted by Gasteiger charge is -2.00. The smallest absolute Gasteiger partial charge is 0.311 e. The second kappa shape index (κ2) is 3.26. The molecular weight excluding hydrogens is 202 g/mol. The minimum atomic E-state index is -0.435. The van der Waals surface area contributed by atoms with Gasteiger partial charge in [0.2, 0.25) is 0 Å². The standard InChI is InChI=1S/C9H7NO3S/c1-13-8-5-9-6(2-3-14-9)4-7(8)10(11)12/h2-5H,1H3. The molecule has 5 heteroatoms. The van der Waals surface area contributed by atoms with Crippen LogP contribution in [0.1, 0.15) is 0 Å². The number of thiophene rings is 1. The highest BCUT2D eigenvalue weighted by atomic mass is 32.1. The monoisotopic (exact) mass is 209 g/mol. The minimum absolute atomic E-state index is 0.0124. The van der Waals surface area contributed by atoms with E-state index in [1.807, 2.05) is 11.4 Å². The lowest BCUT2D eigenvalue weighted by molar-refractivity contribution is -0.385. The average Bonchev–Trinajstić information content (AvgIpc) is 2.62. The zero-order chi connectivity index (χ0) is 10.1. The summed E-state index contributed by atoms with van der Waals surface area (Å²) in [6, 6.07) is 5.08. The molecule has 0 amide bonds. The fraction of sp³-hybridized carbons (Fsp3) is 0.111. The van der Waals surface area contributed by atoms with Crippen molar-refractivity contribution in [3.05, 3.63) is 33.7 Å². The van der Waals surface area contributed by atoms with Gasteiger partial charge in [-0.1, -0.05) is 0 Å². The quantitative estimate of drug-likeness (QED) is 0.564. The van der Waals surface area contributed by atoms with Crippen LogP contribution in [0.2, 0.25) is 0 Å². The molecule has 0 N–H and O–H groups in total. The number of methoxy groups -OCH3 is 1. The lowest BCUT2D eigenvalue weighted by atomic mass is 10.2. The summed E-state index contributed by atoms with van der Waals surface area (Å²) >= 11 is 1.53. The molecule has 1 aromatic carbocycles. The first-order valence-electron chi connectivity index (χ1n) is 3.92. The number of rotatable bonds is 2. The van der Waals surface area contributed by atoms with E-state index in [0.717, 1.165) is 10.1 Å². The van der Waals surface area contributed by atoms with E-state index in [9.17, 15) is 10.1 Å². The molecule has 0 aliphatic carbocycles. The Balaban J connectivity index is 2.72. The van der Waals surface area contributed by atoms with Crippen molar-refractivity contribution in [2.45, 2.75) is 0 Å². The molecule has 0 fully saturated rings. The number of hydrogen-bond acceptors (Lipinski definition) is 4. The molecule has 1 heterocycles. The van der Waals surface area contributed by atoms with Gasteiger partial charge >= 0.3 is 5.69 Å². The molecular formula is C9H7NO3S. The van der Waals surface area contributed by atoms with Gasteiger partial charge in [-0.25, -0.2) is 0 Å². The van der Waals surface area contributed by atoms with E-state index in [4.69, 9.17) is 4.74 Å². The Morgan fingerprint density at radius 3 is 2.93 bits per heavy atom. The number of benzene rings is 1. The van der Waals surface area contributed by atoms with Crippen LogP contribution in [0.25, 0.3) is 10.1 Å². The Hall–Kier alpha value is -1.62. The molecule has 0 radical (unpaired) electrons. The van der Waals surface area contributed by atoms with Gasteiger partial charge in [0.1, 0.15) is 0 Å². The highest BCUT2D eigenvalue weighted by molar-refractivity contribution is 7.17. The third-order valence-electron chi connectivity index (χ3n) is 1.95. The molecule has 0 saturated carbocycles. The first-order valence-corrected chi connectivity index (χ1v) is 4.80. The molecule has 0 spiro atoms. The third-order valence-corrected chi connectivity index (χ3v) is 2.83.